The third-order valence-corrected chi connectivity index (χ3v) is 7.80. The smallest absolute Gasteiger partial charge is 0.223 e. The van der Waals surface area contributed by atoms with Gasteiger partial charge in [0, 0.05) is 19.5 Å². The molecule has 1 saturated heterocycles. The summed E-state index contributed by atoms with van der Waals surface area (Å²) >= 11 is 0. The highest BCUT2D eigenvalue weighted by Crippen LogP contribution is 2.39. The molecule has 2 fully saturated rings. The molecule has 0 atom stereocenters. The second-order valence-electron chi connectivity index (χ2n) is 7.34. The number of carbonyl (C=O) groups excluding carboxylic acids is 1. The predicted molar refractivity (Wildman–Crippen MR) is 90.9 cm³/mol. The molecule has 0 aromatic carbocycles. The second kappa shape index (κ2) is 7.05. The molecule has 22 heavy (non-hydrogen) atoms. The van der Waals surface area contributed by atoms with Crippen LogP contribution in [0.15, 0.2) is 0 Å². The predicted octanol–water partition coefficient (Wildman–Crippen LogP) is 1.74. The molecule has 1 amide bonds. The third-order valence-electron chi connectivity index (χ3n) is 5.27. The Morgan fingerprint density at radius 2 is 1.77 bits per heavy atom. The van der Waals surface area contributed by atoms with Gasteiger partial charge in [-0.2, -0.15) is 0 Å². The van der Waals surface area contributed by atoms with Gasteiger partial charge in [-0.15, -0.1) is 12.4 Å². The zero-order chi connectivity index (χ0) is 15.7. The average Bonchev–Trinajstić information content (AvgIpc) is 2.43. The lowest BCUT2D eigenvalue weighted by atomic mass is 9.71. The van der Waals surface area contributed by atoms with Crippen molar-refractivity contribution in [3.8, 4) is 0 Å². The highest BCUT2D eigenvalue weighted by Gasteiger charge is 2.43. The molecule has 0 bridgehead atoms. The summed E-state index contributed by atoms with van der Waals surface area (Å²) < 4.78 is 23.2. The van der Waals surface area contributed by atoms with Crippen LogP contribution in [0.1, 0.15) is 52.4 Å². The van der Waals surface area contributed by atoms with Gasteiger partial charge in [-0.3, -0.25) is 4.79 Å². The monoisotopic (exact) mass is 352 g/mol. The number of halogens is 1. The summed E-state index contributed by atoms with van der Waals surface area (Å²) in [6.45, 7) is 4.59. The molecule has 7 heteroatoms. The van der Waals surface area contributed by atoms with Crippen molar-refractivity contribution in [2.75, 3.05) is 25.4 Å². The highest BCUT2D eigenvalue weighted by atomic mass is 35.5. The fourth-order valence-corrected chi connectivity index (χ4v) is 4.91. The summed E-state index contributed by atoms with van der Waals surface area (Å²) in [5, 5.41) is 0. The molecule has 1 aliphatic heterocycles. The Bertz CT molecular complexity index is 499. The van der Waals surface area contributed by atoms with Crippen LogP contribution < -0.4 is 5.73 Å². The Labute approximate surface area is 140 Å². The number of hydrogen-bond donors (Lipinski definition) is 1. The lowest BCUT2D eigenvalue weighted by Gasteiger charge is -2.41. The quantitative estimate of drug-likeness (QED) is 0.838. The zero-order valence-electron chi connectivity index (χ0n) is 13.6. The Hall–Kier alpha value is -0.330. The van der Waals surface area contributed by atoms with Gasteiger partial charge >= 0.3 is 0 Å². The molecule has 0 aromatic heterocycles. The minimum absolute atomic E-state index is 0. The van der Waals surface area contributed by atoms with E-state index in [-0.39, 0.29) is 29.5 Å². The van der Waals surface area contributed by atoms with Crippen LogP contribution in [0.3, 0.4) is 0 Å². The van der Waals surface area contributed by atoms with Crippen molar-refractivity contribution in [3.05, 3.63) is 0 Å². The minimum atomic E-state index is -3.10. The molecule has 0 radical (unpaired) electrons. The first-order valence-electron chi connectivity index (χ1n) is 7.92. The standard InChI is InChI=1S/C15H28N2O3S.ClH/c1-14(2)12-17(8-9-21(14,19)20)13(18)10-15(11-16)6-4-3-5-7-15;/h3-12,16H2,1-2H3;1H. The summed E-state index contributed by atoms with van der Waals surface area (Å²) in [7, 11) is -3.10. The Morgan fingerprint density at radius 1 is 1.18 bits per heavy atom. The van der Waals surface area contributed by atoms with E-state index >= 15 is 0 Å². The number of amides is 1. The molecule has 2 rings (SSSR count). The fraction of sp³-hybridized carbons (Fsp3) is 0.933. The first-order chi connectivity index (χ1) is 9.71. The molecule has 1 saturated carbocycles. The number of nitrogens with two attached hydrogens (primary N) is 1. The van der Waals surface area contributed by atoms with Gasteiger partial charge in [0.2, 0.25) is 5.91 Å². The molecule has 0 spiro atoms. The SMILES string of the molecule is CC1(C)CN(C(=O)CC2(CN)CCCCC2)CCS1(=O)=O.Cl. The minimum Gasteiger partial charge on any atom is -0.340 e. The first-order valence-corrected chi connectivity index (χ1v) is 9.57. The summed E-state index contributed by atoms with van der Waals surface area (Å²) in [4.78, 5) is 14.3. The van der Waals surface area contributed by atoms with E-state index in [1.165, 1.54) is 6.42 Å². The lowest BCUT2D eigenvalue weighted by molar-refractivity contribution is -0.134. The summed E-state index contributed by atoms with van der Waals surface area (Å²) in [6.07, 6.45) is 6.02. The maximum Gasteiger partial charge on any atom is 0.223 e. The van der Waals surface area contributed by atoms with E-state index in [1.54, 1.807) is 18.7 Å². The molecular formula is C15H29ClN2O3S. The Morgan fingerprint density at radius 3 is 2.27 bits per heavy atom. The van der Waals surface area contributed by atoms with Crippen LogP contribution >= 0.6 is 12.4 Å². The number of hydrogen-bond acceptors (Lipinski definition) is 4. The van der Waals surface area contributed by atoms with Gasteiger partial charge in [-0.05, 0) is 38.6 Å². The molecular weight excluding hydrogens is 324 g/mol. The first kappa shape index (κ1) is 19.7. The Kier molecular flexibility index (Phi) is 6.32. The average molecular weight is 353 g/mol. The van der Waals surface area contributed by atoms with Crippen LogP contribution in [-0.4, -0.2) is 49.4 Å². The number of sulfone groups is 1. The molecule has 1 aliphatic carbocycles. The van der Waals surface area contributed by atoms with Gasteiger partial charge in [0.15, 0.2) is 9.84 Å². The van der Waals surface area contributed by atoms with Gasteiger partial charge in [0.1, 0.15) is 0 Å². The van der Waals surface area contributed by atoms with Crippen LogP contribution in [0.4, 0.5) is 0 Å². The normalized spacial score (nSPS) is 26.0. The number of nitrogens with zero attached hydrogens (tertiary/aromatic N) is 1. The van der Waals surface area contributed by atoms with E-state index < -0.39 is 14.6 Å². The van der Waals surface area contributed by atoms with Crippen molar-refractivity contribution in [2.45, 2.75) is 57.1 Å². The Balaban J connectivity index is 0.00000242. The van der Waals surface area contributed by atoms with Crippen molar-refractivity contribution in [2.24, 2.45) is 11.1 Å². The molecule has 2 aliphatic rings. The third kappa shape index (κ3) is 3.95. The van der Waals surface area contributed by atoms with Gasteiger partial charge < -0.3 is 10.6 Å². The van der Waals surface area contributed by atoms with Crippen LogP contribution in [0, 0.1) is 5.41 Å². The maximum absolute atomic E-state index is 12.6. The van der Waals surface area contributed by atoms with Crippen molar-refractivity contribution < 1.29 is 13.2 Å². The molecule has 0 aromatic rings. The van der Waals surface area contributed by atoms with Gasteiger partial charge in [0.05, 0.1) is 10.5 Å². The summed E-state index contributed by atoms with van der Waals surface area (Å²) in [5.41, 5.74) is 5.89. The van der Waals surface area contributed by atoms with E-state index in [0.717, 1.165) is 25.7 Å². The fourth-order valence-electron chi connectivity index (χ4n) is 3.54. The van der Waals surface area contributed by atoms with E-state index in [4.69, 9.17) is 5.73 Å². The number of rotatable bonds is 3. The zero-order valence-corrected chi connectivity index (χ0v) is 15.3. The van der Waals surface area contributed by atoms with E-state index in [9.17, 15) is 13.2 Å². The second-order valence-corrected chi connectivity index (χ2v) is 10.1. The van der Waals surface area contributed by atoms with Crippen molar-refractivity contribution in [3.63, 3.8) is 0 Å². The van der Waals surface area contributed by atoms with Gasteiger partial charge in [-0.1, -0.05) is 19.3 Å². The van der Waals surface area contributed by atoms with E-state index in [0.29, 0.717) is 26.1 Å². The van der Waals surface area contributed by atoms with Crippen molar-refractivity contribution in [1.82, 2.24) is 4.90 Å². The summed E-state index contributed by atoms with van der Waals surface area (Å²) in [6, 6.07) is 0. The largest absolute Gasteiger partial charge is 0.340 e. The maximum atomic E-state index is 12.6. The van der Waals surface area contributed by atoms with E-state index in [2.05, 4.69) is 0 Å². The molecule has 5 nitrogen and oxygen atoms in total. The molecule has 1 heterocycles. The molecule has 0 unspecified atom stereocenters. The van der Waals surface area contributed by atoms with Crippen molar-refractivity contribution in [1.29, 1.82) is 0 Å². The van der Waals surface area contributed by atoms with Crippen LogP contribution in [0.2, 0.25) is 0 Å². The summed E-state index contributed by atoms with van der Waals surface area (Å²) in [5.74, 6) is 0.145. The van der Waals surface area contributed by atoms with Crippen LogP contribution in [-0.2, 0) is 14.6 Å². The molecule has 130 valence electrons. The highest BCUT2D eigenvalue weighted by molar-refractivity contribution is 7.92. The lowest BCUT2D eigenvalue weighted by Crippen LogP contribution is -2.55. The van der Waals surface area contributed by atoms with Crippen molar-refractivity contribution >= 4 is 28.2 Å². The van der Waals surface area contributed by atoms with E-state index in [1.807, 2.05) is 0 Å². The van der Waals surface area contributed by atoms with Gasteiger partial charge in [0.25, 0.3) is 0 Å². The van der Waals surface area contributed by atoms with Crippen LogP contribution in [0.25, 0.3) is 0 Å². The topological polar surface area (TPSA) is 80.5 Å². The molecule has 2 N–H and O–H groups in total. The van der Waals surface area contributed by atoms with Gasteiger partial charge in [-0.25, -0.2) is 8.42 Å². The number of carbonyl (C=O) groups is 1. The van der Waals surface area contributed by atoms with Crippen LogP contribution in [0.5, 0.6) is 0 Å².